The van der Waals surface area contributed by atoms with E-state index in [9.17, 15) is 23.3 Å². The van der Waals surface area contributed by atoms with E-state index in [2.05, 4.69) is 11.9 Å². The van der Waals surface area contributed by atoms with Crippen molar-refractivity contribution in [2.45, 2.75) is 4.90 Å². The Kier molecular flexibility index (Phi) is 5.82. The average molecular weight is 334 g/mol. The molecule has 0 fully saturated rings. The lowest BCUT2D eigenvalue weighted by Gasteiger charge is -2.07. The van der Waals surface area contributed by atoms with Crippen molar-refractivity contribution in [1.82, 2.24) is 10.0 Å². The molecule has 21 heavy (non-hydrogen) atoms. The Morgan fingerprint density at radius 2 is 2.14 bits per heavy atom. The average Bonchev–Trinajstić information content (AvgIpc) is 2.42. The molecule has 0 saturated carbocycles. The van der Waals surface area contributed by atoms with Crippen LogP contribution in [0.5, 0.6) is 0 Å². The van der Waals surface area contributed by atoms with Crippen molar-refractivity contribution in [3.8, 4) is 0 Å². The van der Waals surface area contributed by atoms with Crippen molar-refractivity contribution in [2.75, 3.05) is 13.1 Å². The Balaban J connectivity index is 2.88. The van der Waals surface area contributed by atoms with Gasteiger partial charge in [0.1, 0.15) is 5.02 Å². The predicted octanol–water partition coefficient (Wildman–Crippen LogP) is 0.829. The Morgan fingerprint density at radius 3 is 2.71 bits per heavy atom. The normalized spacial score (nSPS) is 10.9. The maximum Gasteiger partial charge on any atom is 0.289 e. The van der Waals surface area contributed by atoms with Gasteiger partial charge in [0, 0.05) is 12.6 Å². The lowest BCUT2D eigenvalue weighted by molar-refractivity contribution is -0.384. The standard InChI is InChI=1S/C11H12ClN3O5S/c1-2-5-13-11(16)7-14-21(19,20)8-3-4-9(12)10(6-8)15(17)18/h2-4,6,14H,1,5,7H2,(H,13,16). The van der Waals surface area contributed by atoms with Crippen LogP contribution in [-0.2, 0) is 14.8 Å². The minimum absolute atomic E-state index is 0.178. The smallest absolute Gasteiger partial charge is 0.289 e. The first-order chi connectivity index (χ1) is 9.77. The highest BCUT2D eigenvalue weighted by atomic mass is 35.5. The SMILES string of the molecule is C=CCNC(=O)CNS(=O)(=O)c1ccc(Cl)c([N+](=O)[O-])c1. The summed E-state index contributed by atoms with van der Waals surface area (Å²) in [6.45, 7) is 3.10. The molecular formula is C11H12ClN3O5S. The largest absolute Gasteiger partial charge is 0.352 e. The third-order valence-corrected chi connectivity index (χ3v) is 4.01. The molecule has 0 aliphatic heterocycles. The molecule has 8 nitrogen and oxygen atoms in total. The second-order valence-corrected chi connectivity index (χ2v) is 5.96. The number of sulfonamides is 1. The molecule has 0 heterocycles. The van der Waals surface area contributed by atoms with Crippen molar-refractivity contribution in [1.29, 1.82) is 0 Å². The number of nitrogens with one attached hydrogen (secondary N) is 2. The number of rotatable bonds is 7. The molecule has 1 amide bonds. The van der Waals surface area contributed by atoms with Crippen molar-refractivity contribution in [3.05, 3.63) is 46.0 Å². The first-order valence-electron chi connectivity index (χ1n) is 5.59. The van der Waals surface area contributed by atoms with Crippen LogP contribution in [0.4, 0.5) is 5.69 Å². The van der Waals surface area contributed by atoms with Gasteiger partial charge in [0.05, 0.1) is 16.4 Å². The number of nitro groups is 1. The van der Waals surface area contributed by atoms with Crippen molar-refractivity contribution in [2.24, 2.45) is 0 Å². The van der Waals surface area contributed by atoms with E-state index in [0.717, 1.165) is 18.2 Å². The summed E-state index contributed by atoms with van der Waals surface area (Å²) in [5.74, 6) is -0.554. The number of carbonyl (C=O) groups is 1. The maximum absolute atomic E-state index is 11.9. The van der Waals surface area contributed by atoms with E-state index in [4.69, 9.17) is 11.6 Å². The van der Waals surface area contributed by atoms with Crippen LogP contribution in [0, 0.1) is 10.1 Å². The second kappa shape index (κ2) is 7.16. The number of nitrogens with zero attached hydrogens (tertiary/aromatic N) is 1. The van der Waals surface area contributed by atoms with E-state index in [1.807, 2.05) is 4.72 Å². The van der Waals surface area contributed by atoms with Gasteiger partial charge in [-0.05, 0) is 12.1 Å². The van der Waals surface area contributed by atoms with Gasteiger partial charge in [-0.15, -0.1) is 6.58 Å². The zero-order chi connectivity index (χ0) is 16.0. The molecule has 0 unspecified atom stereocenters. The number of hydrogen-bond donors (Lipinski definition) is 2. The maximum atomic E-state index is 11.9. The summed E-state index contributed by atoms with van der Waals surface area (Å²) in [5, 5.41) is 12.9. The molecule has 1 rings (SSSR count). The molecule has 0 aromatic heterocycles. The first kappa shape index (κ1) is 17.1. The van der Waals surface area contributed by atoms with E-state index >= 15 is 0 Å². The fraction of sp³-hybridized carbons (Fsp3) is 0.182. The third kappa shape index (κ3) is 4.81. The number of amides is 1. The Labute approximate surface area is 126 Å². The zero-order valence-electron chi connectivity index (χ0n) is 10.7. The van der Waals surface area contributed by atoms with Gasteiger partial charge in [0.15, 0.2) is 0 Å². The minimum atomic E-state index is -4.05. The van der Waals surface area contributed by atoms with Gasteiger partial charge in [0.2, 0.25) is 15.9 Å². The van der Waals surface area contributed by atoms with Gasteiger partial charge in [-0.3, -0.25) is 14.9 Å². The number of carbonyl (C=O) groups excluding carboxylic acids is 1. The molecule has 1 aromatic rings. The summed E-state index contributed by atoms with van der Waals surface area (Å²) in [4.78, 5) is 20.9. The molecule has 0 saturated heterocycles. The molecule has 0 atom stereocenters. The van der Waals surface area contributed by atoms with E-state index < -0.39 is 33.1 Å². The summed E-state index contributed by atoms with van der Waals surface area (Å²) >= 11 is 5.60. The highest BCUT2D eigenvalue weighted by molar-refractivity contribution is 7.89. The molecule has 0 bridgehead atoms. The zero-order valence-corrected chi connectivity index (χ0v) is 12.3. The van der Waals surface area contributed by atoms with Crippen LogP contribution in [0.2, 0.25) is 5.02 Å². The highest BCUT2D eigenvalue weighted by Crippen LogP contribution is 2.26. The van der Waals surface area contributed by atoms with Crippen molar-refractivity contribution >= 4 is 33.2 Å². The molecule has 0 aliphatic rings. The molecule has 2 N–H and O–H groups in total. The molecule has 10 heteroatoms. The fourth-order valence-corrected chi connectivity index (χ4v) is 2.48. The van der Waals surface area contributed by atoms with Crippen molar-refractivity contribution in [3.63, 3.8) is 0 Å². The first-order valence-corrected chi connectivity index (χ1v) is 7.45. The van der Waals surface area contributed by atoms with Crippen LogP contribution in [0.15, 0.2) is 35.7 Å². The molecular weight excluding hydrogens is 322 g/mol. The summed E-state index contributed by atoms with van der Waals surface area (Å²) < 4.78 is 25.9. The lowest BCUT2D eigenvalue weighted by Crippen LogP contribution is -2.36. The number of benzene rings is 1. The van der Waals surface area contributed by atoms with Gasteiger partial charge in [0.25, 0.3) is 5.69 Å². The van der Waals surface area contributed by atoms with Gasteiger partial charge >= 0.3 is 0 Å². The fourth-order valence-electron chi connectivity index (χ4n) is 1.29. The number of hydrogen-bond acceptors (Lipinski definition) is 5. The van der Waals surface area contributed by atoms with E-state index in [0.29, 0.717) is 0 Å². The molecule has 0 radical (unpaired) electrons. The Bertz CT molecular complexity index is 674. The Hall–Kier alpha value is -1.97. The van der Waals surface area contributed by atoms with Gasteiger partial charge < -0.3 is 5.32 Å². The highest BCUT2D eigenvalue weighted by Gasteiger charge is 2.21. The summed E-state index contributed by atoms with van der Waals surface area (Å²) in [5.41, 5.74) is -0.532. The lowest BCUT2D eigenvalue weighted by atomic mass is 10.3. The topological polar surface area (TPSA) is 118 Å². The quantitative estimate of drug-likeness (QED) is 0.435. The van der Waals surface area contributed by atoms with Gasteiger partial charge in [-0.25, -0.2) is 13.1 Å². The summed E-state index contributed by atoms with van der Waals surface area (Å²) in [7, 11) is -4.05. The minimum Gasteiger partial charge on any atom is -0.352 e. The Morgan fingerprint density at radius 1 is 1.48 bits per heavy atom. The summed E-state index contributed by atoms with van der Waals surface area (Å²) in [6, 6.07) is 3.04. The van der Waals surface area contributed by atoms with Crippen LogP contribution in [0.3, 0.4) is 0 Å². The van der Waals surface area contributed by atoms with Crippen molar-refractivity contribution < 1.29 is 18.1 Å². The molecule has 114 valence electrons. The number of nitro benzene ring substituents is 1. The van der Waals surface area contributed by atoms with Gasteiger partial charge in [-0.1, -0.05) is 17.7 Å². The van der Waals surface area contributed by atoms with Gasteiger partial charge in [-0.2, -0.15) is 0 Å². The molecule has 0 aliphatic carbocycles. The van der Waals surface area contributed by atoms with Crippen LogP contribution in [0.1, 0.15) is 0 Å². The van der Waals surface area contributed by atoms with Crippen LogP contribution >= 0.6 is 11.6 Å². The monoisotopic (exact) mass is 333 g/mol. The third-order valence-electron chi connectivity index (χ3n) is 2.29. The second-order valence-electron chi connectivity index (χ2n) is 3.79. The van der Waals surface area contributed by atoms with Crippen LogP contribution < -0.4 is 10.0 Å². The summed E-state index contributed by atoms with van der Waals surface area (Å²) in [6.07, 6.45) is 1.44. The van der Waals surface area contributed by atoms with Crippen LogP contribution in [-0.4, -0.2) is 32.3 Å². The predicted molar refractivity (Wildman–Crippen MR) is 76.5 cm³/mol. The van der Waals surface area contributed by atoms with Crippen LogP contribution in [0.25, 0.3) is 0 Å². The van der Waals surface area contributed by atoms with E-state index in [-0.39, 0.29) is 16.5 Å². The molecule has 1 aromatic carbocycles. The number of halogens is 1. The van der Waals surface area contributed by atoms with E-state index in [1.165, 1.54) is 6.08 Å². The van der Waals surface area contributed by atoms with E-state index in [1.54, 1.807) is 0 Å². The molecule has 0 spiro atoms.